The van der Waals surface area contributed by atoms with Gasteiger partial charge in [0.2, 0.25) is 5.88 Å². The van der Waals surface area contributed by atoms with E-state index in [1.165, 1.54) is 0 Å². The molecule has 0 unspecified atom stereocenters. The number of aromatic nitrogens is 2. The molecule has 0 fully saturated rings. The summed E-state index contributed by atoms with van der Waals surface area (Å²) in [4.78, 5) is 8.05. The molecule has 0 N–H and O–H groups in total. The van der Waals surface area contributed by atoms with Gasteiger partial charge in [0.25, 0.3) is 0 Å². The highest BCUT2D eigenvalue weighted by molar-refractivity contribution is 6.16. The number of rotatable bonds is 3. The van der Waals surface area contributed by atoms with Crippen LogP contribution in [0.4, 0.5) is 0 Å². The van der Waals surface area contributed by atoms with E-state index >= 15 is 0 Å². The van der Waals surface area contributed by atoms with Crippen molar-refractivity contribution in [1.82, 2.24) is 9.97 Å². The maximum Gasteiger partial charge on any atom is 0.232 e. The average molecular weight is 187 g/mol. The molecule has 0 bridgehead atoms. The summed E-state index contributed by atoms with van der Waals surface area (Å²) in [5.74, 6) is 0.925. The highest BCUT2D eigenvalue weighted by atomic mass is 35.5. The van der Waals surface area contributed by atoms with Crippen LogP contribution < -0.4 is 4.74 Å². The molecular weight excluding hydrogens is 176 g/mol. The summed E-state index contributed by atoms with van der Waals surface area (Å²) in [7, 11) is 0. The standard InChI is InChI=1S/C8H11ClN2O/c1-6(2)12-8-5-10-7(3-9)4-11-8/h4-6H,3H2,1-2H3. The van der Waals surface area contributed by atoms with Gasteiger partial charge in [0, 0.05) is 0 Å². The Bertz CT molecular complexity index is 235. The summed E-state index contributed by atoms with van der Waals surface area (Å²) in [6, 6.07) is 0. The van der Waals surface area contributed by atoms with E-state index < -0.39 is 0 Å². The molecule has 0 amide bonds. The second-order valence-corrected chi connectivity index (χ2v) is 2.91. The first-order valence-corrected chi connectivity index (χ1v) is 4.29. The Morgan fingerprint density at radius 1 is 1.42 bits per heavy atom. The minimum Gasteiger partial charge on any atom is -0.474 e. The van der Waals surface area contributed by atoms with Crippen molar-refractivity contribution >= 4 is 11.6 Å². The minimum atomic E-state index is 0.126. The van der Waals surface area contributed by atoms with Gasteiger partial charge in [0.15, 0.2) is 0 Å². The summed E-state index contributed by atoms with van der Waals surface area (Å²) in [6.07, 6.45) is 3.32. The first-order chi connectivity index (χ1) is 5.72. The highest BCUT2D eigenvalue weighted by Crippen LogP contribution is 2.07. The molecule has 0 aliphatic carbocycles. The molecule has 0 aliphatic rings. The van der Waals surface area contributed by atoms with E-state index in [0.29, 0.717) is 11.8 Å². The Balaban J connectivity index is 2.65. The molecule has 3 nitrogen and oxygen atoms in total. The predicted octanol–water partition coefficient (Wildman–Crippen LogP) is 2.00. The van der Waals surface area contributed by atoms with Crippen molar-refractivity contribution in [3.8, 4) is 5.88 Å². The molecule has 1 aromatic heterocycles. The lowest BCUT2D eigenvalue weighted by Gasteiger charge is -2.07. The normalized spacial score (nSPS) is 10.3. The molecule has 1 rings (SSSR count). The summed E-state index contributed by atoms with van der Waals surface area (Å²) in [5, 5.41) is 0. The monoisotopic (exact) mass is 186 g/mol. The lowest BCUT2D eigenvalue weighted by Crippen LogP contribution is -2.07. The Morgan fingerprint density at radius 3 is 2.58 bits per heavy atom. The summed E-state index contributed by atoms with van der Waals surface area (Å²) < 4.78 is 5.30. The molecule has 0 aliphatic heterocycles. The van der Waals surface area contributed by atoms with E-state index in [-0.39, 0.29) is 6.10 Å². The van der Waals surface area contributed by atoms with Crippen molar-refractivity contribution in [3.63, 3.8) is 0 Å². The van der Waals surface area contributed by atoms with Gasteiger partial charge in [0.1, 0.15) is 0 Å². The van der Waals surface area contributed by atoms with E-state index in [2.05, 4.69) is 9.97 Å². The first-order valence-electron chi connectivity index (χ1n) is 3.76. The zero-order valence-electron chi connectivity index (χ0n) is 7.12. The zero-order valence-corrected chi connectivity index (χ0v) is 7.88. The van der Waals surface area contributed by atoms with Gasteiger partial charge < -0.3 is 4.74 Å². The largest absolute Gasteiger partial charge is 0.474 e. The van der Waals surface area contributed by atoms with Crippen molar-refractivity contribution < 1.29 is 4.74 Å². The highest BCUT2D eigenvalue weighted by Gasteiger charge is 1.99. The van der Waals surface area contributed by atoms with Crippen molar-refractivity contribution in [2.24, 2.45) is 0 Å². The van der Waals surface area contributed by atoms with Gasteiger partial charge in [-0.05, 0) is 13.8 Å². The molecule has 1 heterocycles. The van der Waals surface area contributed by atoms with Crippen molar-refractivity contribution in [2.45, 2.75) is 25.8 Å². The number of nitrogens with zero attached hydrogens (tertiary/aromatic N) is 2. The molecule has 0 saturated carbocycles. The minimum absolute atomic E-state index is 0.126. The quantitative estimate of drug-likeness (QED) is 0.678. The van der Waals surface area contributed by atoms with Gasteiger partial charge in [0.05, 0.1) is 30.1 Å². The van der Waals surface area contributed by atoms with Gasteiger partial charge in [-0.2, -0.15) is 0 Å². The number of halogens is 1. The van der Waals surface area contributed by atoms with Gasteiger partial charge in [-0.3, -0.25) is 4.98 Å². The number of alkyl halides is 1. The lowest BCUT2D eigenvalue weighted by atomic mass is 10.5. The molecule has 0 spiro atoms. The predicted molar refractivity (Wildman–Crippen MR) is 47.4 cm³/mol. The van der Waals surface area contributed by atoms with Crippen LogP contribution in [0.5, 0.6) is 5.88 Å². The molecule has 1 aromatic rings. The summed E-state index contributed by atoms with van der Waals surface area (Å²) in [6.45, 7) is 3.88. The van der Waals surface area contributed by atoms with Crippen LogP contribution in [0, 0.1) is 0 Å². The third kappa shape index (κ3) is 2.66. The van der Waals surface area contributed by atoms with E-state index in [1.807, 2.05) is 13.8 Å². The van der Waals surface area contributed by atoms with Crippen molar-refractivity contribution in [1.29, 1.82) is 0 Å². The van der Waals surface area contributed by atoms with E-state index in [1.54, 1.807) is 12.4 Å². The van der Waals surface area contributed by atoms with Gasteiger partial charge in [-0.25, -0.2) is 4.98 Å². The fraction of sp³-hybridized carbons (Fsp3) is 0.500. The molecule has 0 atom stereocenters. The van der Waals surface area contributed by atoms with Crippen LogP contribution in [0.25, 0.3) is 0 Å². The Hall–Kier alpha value is -0.830. The van der Waals surface area contributed by atoms with Gasteiger partial charge in [-0.1, -0.05) is 0 Å². The Kier molecular flexibility index (Phi) is 3.29. The zero-order chi connectivity index (χ0) is 8.97. The van der Waals surface area contributed by atoms with Crippen molar-refractivity contribution in [3.05, 3.63) is 18.1 Å². The molecule has 0 aromatic carbocycles. The second kappa shape index (κ2) is 4.26. The summed E-state index contributed by atoms with van der Waals surface area (Å²) >= 11 is 5.54. The number of hydrogen-bond acceptors (Lipinski definition) is 3. The first kappa shape index (κ1) is 9.26. The Labute approximate surface area is 76.7 Å². The molecule has 66 valence electrons. The third-order valence-corrected chi connectivity index (χ3v) is 1.45. The third-order valence-electron chi connectivity index (χ3n) is 1.17. The topological polar surface area (TPSA) is 35.0 Å². The second-order valence-electron chi connectivity index (χ2n) is 2.65. The molecule has 0 radical (unpaired) electrons. The van der Waals surface area contributed by atoms with Crippen LogP contribution in [0.15, 0.2) is 12.4 Å². The van der Waals surface area contributed by atoms with Crippen LogP contribution in [0.1, 0.15) is 19.5 Å². The maximum absolute atomic E-state index is 5.54. The van der Waals surface area contributed by atoms with Gasteiger partial charge in [-0.15, -0.1) is 11.6 Å². The number of hydrogen-bond donors (Lipinski definition) is 0. The van der Waals surface area contributed by atoms with Crippen LogP contribution in [0.2, 0.25) is 0 Å². The van der Waals surface area contributed by atoms with E-state index in [0.717, 1.165) is 5.69 Å². The van der Waals surface area contributed by atoms with E-state index in [9.17, 15) is 0 Å². The summed E-state index contributed by atoms with van der Waals surface area (Å²) in [5.41, 5.74) is 0.757. The molecule has 0 saturated heterocycles. The van der Waals surface area contributed by atoms with Crippen molar-refractivity contribution in [2.75, 3.05) is 0 Å². The van der Waals surface area contributed by atoms with Crippen LogP contribution in [0.3, 0.4) is 0 Å². The SMILES string of the molecule is CC(C)Oc1cnc(CCl)cn1. The maximum atomic E-state index is 5.54. The molecule has 4 heteroatoms. The fourth-order valence-corrected chi connectivity index (χ4v) is 0.852. The number of ether oxygens (including phenoxy) is 1. The average Bonchev–Trinajstić information content (AvgIpc) is 2.05. The fourth-order valence-electron chi connectivity index (χ4n) is 0.714. The van der Waals surface area contributed by atoms with Crippen LogP contribution in [-0.4, -0.2) is 16.1 Å². The van der Waals surface area contributed by atoms with E-state index in [4.69, 9.17) is 16.3 Å². The lowest BCUT2D eigenvalue weighted by molar-refractivity contribution is 0.231. The van der Waals surface area contributed by atoms with Gasteiger partial charge >= 0.3 is 0 Å². The van der Waals surface area contributed by atoms with Crippen LogP contribution in [-0.2, 0) is 5.88 Å². The Morgan fingerprint density at radius 2 is 2.17 bits per heavy atom. The molecular formula is C8H11ClN2O. The molecule has 12 heavy (non-hydrogen) atoms. The van der Waals surface area contributed by atoms with Crippen LogP contribution >= 0.6 is 11.6 Å². The smallest absolute Gasteiger partial charge is 0.232 e.